The molecule has 2 aromatic heterocycles. The van der Waals surface area contributed by atoms with Crippen LogP contribution in [0.4, 0.5) is 5.82 Å². The summed E-state index contributed by atoms with van der Waals surface area (Å²) in [6.45, 7) is 3.78. The first kappa shape index (κ1) is 17.7. The van der Waals surface area contributed by atoms with Crippen LogP contribution in [0.25, 0.3) is 10.2 Å². The summed E-state index contributed by atoms with van der Waals surface area (Å²) in [5.74, 6) is 2.03. The first-order valence-electron chi connectivity index (χ1n) is 8.81. The average molecular weight is 383 g/mol. The third kappa shape index (κ3) is 2.92. The first-order valence-corrected chi connectivity index (χ1v) is 9.63. The van der Waals surface area contributed by atoms with Crippen molar-refractivity contribution >= 4 is 33.3 Å². The Labute approximate surface area is 161 Å². The maximum Gasteiger partial charge on any atom is 0.348 e. The van der Waals surface area contributed by atoms with Crippen LogP contribution in [0.2, 0.25) is 0 Å². The summed E-state index contributed by atoms with van der Waals surface area (Å²) >= 11 is 1.35. The summed E-state index contributed by atoms with van der Waals surface area (Å²) in [4.78, 5) is 22.6. The van der Waals surface area contributed by atoms with Crippen LogP contribution in [0.3, 0.4) is 0 Å². The van der Waals surface area contributed by atoms with Crippen LogP contribution in [0.1, 0.15) is 44.6 Å². The second kappa shape index (κ2) is 6.81. The number of methoxy groups -OCH3 is 2. The number of nitrogens with one attached hydrogen (secondary N) is 1. The summed E-state index contributed by atoms with van der Waals surface area (Å²) in [7, 11) is 3.10. The number of carbonyl (C=O) groups excluding carboxylic acids is 1. The maximum atomic E-state index is 12.1. The van der Waals surface area contributed by atoms with Gasteiger partial charge in [0.05, 0.1) is 25.6 Å². The highest BCUT2D eigenvalue weighted by Gasteiger charge is 2.27. The number of rotatable bonds is 4. The summed E-state index contributed by atoms with van der Waals surface area (Å²) in [5, 5.41) is 4.48. The van der Waals surface area contributed by atoms with E-state index in [2.05, 4.69) is 21.4 Å². The number of hydrogen-bond donors (Lipinski definition) is 1. The van der Waals surface area contributed by atoms with E-state index < -0.39 is 0 Å². The van der Waals surface area contributed by atoms with E-state index in [1.165, 1.54) is 29.6 Å². The van der Waals surface area contributed by atoms with E-state index in [0.29, 0.717) is 10.7 Å². The zero-order valence-electron chi connectivity index (χ0n) is 15.8. The lowest BCUT2D eigenvalue weighted by atomic mass is 10.1. The number of ether oxygens (including phenoxy) is 2. The number of fused-ring (bicyclic) bond motifs is 2. The van der Waals surface area contributed by atoms with Crippen molar-refractivity contribution in [2.24, 2.45) is 0 Å². The molecule has 1 aliphatic rings. The van der Waals surface area contributed by atoms with Gasteiger partial charge < -0.3 is 14.8 Å². The number of benzene rings is 1. The molecule has 0 amide bonds. The summed E-state index contributed by atoms with van der Waals surface area (Å²) in [5.41, 5.74) is 3.34. The number of aromatic nitrogens is 2. The summed E-state index contributed by atoms with van der Waals surface area (Å²) in [6, 6.07) is 6.30. The van der Waals surface area contributed by atoms with E-state index >= 15 is 0 Å². The number of aryl methyl sites for hydroxylation is 2. The number of thiophene rings is 1. The Morgan fingerprint density at radius 1 is 1.26 bits per heavy atom. The normalized spacial score (nSPS) is 15.6. The number of esters is 1. The van der Waals surface area contributed by atoms with Gasteiger partial charge in [-0.25, -0.2) is 14.8 Å². The first-order chi connectivity index (χ1) is 13.0. The Balaban J connectivity index is 1.78. The van der Waals surface area contributed by atoms with Gasteiger partial charge in [0.25, 0.3) is 0 Å². The van der Waals surface area contributed by atoms with Crippen molar-refractivity contribution < 1.29 is 14.3 Å². The van der Waals surface area contributed by atoms with Crippen LogP contribution in [0, 0.1) is 13.8 Å². The second-order valence-electron chi connectivity index (χ2n) is 6.61. The second-order valence-corrected chi connectivity index (χ2v) is 7.61. The number of nitrogens with zero attached hydrogens (tertiary/aromatic N) is 2. The lowest BCUT2D eigenvalue weighted by Crippen LogP contribution is -2.10. The molecule has 0 aliphatic heterocycles. The van der Waals surface area contributed by atoms with Crippen LogP contribution in [-0.4, -0.2) is 30.2 Å². The fourth-order valence-electron chi connectivity index (χ4n) is 3.76. The van der Waals surface area contributed by atoms with Gasteiger partial charge in [-0.1, -0.05) is 12.1 Å². The maximum absolute atomic E-state index is 12.1. The van der Waals surface area contributed by atoms with E-state index in [1.54, 1.807) is 7.11 Å². The van der Waals surface area contributed by atoms with Gasteiger partial charge in [0.15, 0.2) is 0 Å². The molecule has 1 aromatic carbocycles. The Kier molecular flexibility index (Phi) is 4.47. The van der Waals surface area contributed by atoms with Crippen molar-refractivity contribution in [3.05, 3.63) is 45.6 Å². The van der Waals surface area contributed by atoms with Crippen molar-refractivity contribution in [3.63, 3.8) is 0 Å². The van der Waals surface area contributed by atoms with E-state index in [1.807, 2.05) is 26.0 Å². The van der Waals surface area contributed by atoms with Gasteiger partial charge >= 0.3 is 5.97 Å². The predicted octanol–water partition coefficient (Wildman–Crippen LogP) is 4.20. The molecular formula is C20H21N3O3S. The van der Waals surface area contributed by atoms with Crippen LogP contribution in [0.5, 0.6) is 5.75 Å². The number of carbonyl (C=O) groups is 1. The molecule has 0 spiro atoms. The van der Waals surface area contributed by atoms with Crippen molar-refractivity contribution in [1.82, 2.24) is 9.97 Å². The highest BCUT2D eigenvalue weighted by atomic mass is 32.1. The predicted molar refractivity (Wildman–Crippen MR) is 106 cm³/mol. The number of anilines is 1. The van der Waals surface area contributed by atoms with Gasteiger partial charge in [-0.15, -0.1) is 11.3 Å². The quantitative estimate of drug-likeness (QED) is 0.681. The van der Waals surface area contributed by atoms with E-state index in [0.717, 1.165) is 40.2 Å². The standard InChI is InChI=1S/C20H21N3O3S/c1-10-16-18(21-11(2)22-19(16)27-17(10)20(24)26-4)23-14-9-8-13-12(14)6-5-7-15(13)25-3/h5-7,14H,8-9H2,1-4H3,(H,21,22,23). The minimum Gasteiger partial charge on any atom is -0.496 e. The minimum atomic E-state index is -0.338. The molecule has 1 aliphatic carbocycles. The van der Waals surface area contributed by atoms with Crippen molar-refractivity contribution in [2.75, 3.05) is 19.5 Å². The van der Waals surface area contributed by atoms with Gasteiger partial charge in [0, 0.05) is 0 Å². The van der Waals surface area contributed by atoms with Crippen LogP contribution < -0.4 is 10.1 Å². The molecule has 2 heterocycles. The lowest BCUT2D eigenvalue weighted by Gasteiger charge is -2.17. The zero-order chi connectivity index (χ0) is 19.1. The van der Waals surface area contributed by atoms with E-state index in [4.69, 9.17) is 9.47 Å². The molecule has 1 unspecified atom stereocenters. The molecule has 7 heteroatoms. The monoisotopic (exact) mass is 383 g/mol. The molecule has 0 saturated heterocycles. The van der Waals surface area contributed by atoms with Gasteiger partial charge in [0.2, 0.25) is 0 Å². The fourth-order valence-corrected chi connectivity index (χ4v) is 4.91. The van der Waals surface area contributed by atoms with Crippen molar-refractivity contribution in [3.8, 4) is 5.75 Å². The smallest absolute Gasteiger partial charge is 0.348 e. The molecule has 140 valence electrons. The largest absolute Gasteiger partial charge is 0.496 e. The SMILES string of the molecule is COC(=O)c1sc2nc(C)nc(NC3CCc4c(OC)cccc43)c2c1C. The van der Waals surface area contributed by atoms with Gasteiger partial charge in [-0.05, 0) is 49.4 Å². The highest BCUT2D eigenvalue weighted by molar-refractivity contribution is 7.20. The lowest BCUT2D eigenvalue weighted by molar-refractivity contribution is 0.0605. The molecule has 0 bridgehead atoms. The Morgan fingerprint density at radius 2 is 2.07 bits per heavy atom. The fraction of sp³-hybridized carbons (Fsp3) is 0.350. The van der Waals surface area contributed by atoms with E-state index in [-0.39, 0.29) is 12.0 Å². The molecule has 4 rings (SSSR count). The molecule has 0 fully saturated rings. The minimum absolute atomic E-state index is 0.147. The molecule has 27 heavy (non-hydrogen) atoms. The van der Waals surface area contributed by atoms with Gasteiger partial charge in [-0.2, -0.15) is 0 Å². The van der Waals surface area contributed by atoms with Crippen LogP contribution >= 0.6 is 11.3 Å². The molecule has 1 atom stereocenters. The summed E-state index contributed by atoms with van der Waals surface area (Å²) < 4.78 is 10.4. The highest BCUT2D eigenvalue weighted by Crippen LogP contribution is 2.41. The van der Waals surface area contributed by atoms with Gasteiger partial charge in [-0.3, -0.25) is 0 Å². The molecule has 1 N–H and O–H groups in total. The third-order valence-electron chi connectivity index (χ3n) is 5.03. The zero-order valence-corrected chi connectivity index (χ0v) is 16.6. The van der Waals surface area contributed by atoms with Gasteiger partial charge in [0.1, 0.15) is 27.1 Å². The van der Waals surface area contributed by atoms with E-state index in [9.17, 15) is 4.79 Å². The third-order valence-corrected chi connectivity index (χ3v) is 6.20. The van der Waals surface area contributed by atoms with Crippen molar-refractivity contribution in [2.45, 2.75) is 32.7 Å². The average Bonchev–Trinajstić information content (AvgIpc) is 3.22. The molecule has 0 saturated carbocycles. The van der Waals surface area contributed by atoms with Crippen LogP contribution in [0.15, 0.2) is 18.2 Å². The molecule has 0 radical (unpaired) electrons. The summed E-state index contributed by atoms with van der Waals surface area (Å²) in [6.07, 6.45) is 1.92. The molecular weight excluding hydrogens is 362 g/mol. The number of hydrogen-bond acceptors (Lipinski definition) is 7. The topological polar surface area (TPSA) is 73.3 Å². The Hall–Kier alpha value is -2.67. The Morgan fingerprint density at radius 3 is 2.81 bits per heavy atom. The molecule has 6 nitrogen and oxygen atoms in total. The van der Waals surface area contributed by atoms with Crippen molar-refractivity contribution in [1.29, 1.82) is 0 Å². The Bertz CT molecular complexity index is 1040. The molecule has 3 aromatic rings. The van der Waals surface area contributed by atoms with Crippen LogP contribution in [-0.2, 0) is 11.2 Å².